The Balaban J connectivity index is 1.37. The molecule has 7 heteroatoms. The molecule has 1 aliphatic heterocycles. The van der Waals surface area contributed by atoms with E-state index in [2.05, 4.69) is 44.4 Å². The van der Waals surface area contributed by atoms with Crippen molar-refractivity contribution in [3.63, 3.8) is 0 Å². The van der Waals surface area contributed by atoms with Crippen LogP contribution in [-0.2, 0) is 18.8 Å². The SMILES string of the molecule is C=CCn1c(SCc2cccc(Cl)c2)nnc1C1CCN(Cc2ccc(OC)cc2)CC1. The molecule has 32 heavy (non-hydrogen) atoms. The fraction of sp³-hybridized carbons (Fsp3) is 0.360. The second kappa shape index (κ2) is 11.0. The largest absolute Gasteiger partial charge is 0.497 e. The van der Waals surface area contributed by atoms with Crippen LogP contribution in [0.5, 0.6) is 5.75 Å². The first kappa shape index (κ1) is 22.9. The third-order valence-corrected chi connectivity index (χ3v) is 7.11. The van der Waals surface area contributed by atoms with Gasteiger partial charge >= 0.3 is 0 Å². The van der Waals surface area contributed by atoms with Crippen LogP contribution in [0, 0.1) is 0 Å². The zero-order valence-corrected chi connectivity index (χ0v) is 20.0. The Kier molecular flexibility index (Phi) is 7.90. The smallest absolute Gasteiger partial charge is 0.191 e. The van der Waals surface area contributed by atoms with Crippen molar-refractivity contribution < 1.29 is 4.74 Å². The van der Waals surface area contributed by atoms with Crippen LogP contribution in [0.4, 0.5) is 0 Å². The molecule has 2 heterocycles. The van der Waals surface area contributed by atoms with E-state index in [9.17, 15) is 0 Å². The van der Waals surface area contributed by atoms with Crippen LogP contribution in [0.2, 0.25) is 5.02 Å². The molecule has 168 valence electrons. The van der Waals surface area contributed by atoms with Gasteiger partial charge in [-0.1, -0.05) is 53.7 Å². The molecule has 0 atom stereocenters. The highest BCUT2D eigenvalue weighted by atomic mass is 35.5. The van der Waals surface area contributed by atoms with E-state index in [0.717, 1.165) is 66.5 Å². The Morgan fingerprint density at radius 1 is 1.12 bits per heavy atom. The minimum Gasteiger partial charge on any atom is -0.497 e. The number of ether oxygens (including phenoxy) is 1. The maximum absolute atomic E-state index is 6.12. The number of likely N-dealkylation sites (tertiary alicyclic amines) is 1. The first-order chi connectivity index (χ1) is 15.7. The number of allylic oxidation sites excluding steroid dienone is 1. The summed E-state index contributed by atoms with van der Waals surface area (Å²) in [4.78, 5) is 2.52. The van der Waals surface area contributed by atoms with Crippen molar-refractivity contribution in [1.82, 2.24) is 19.7 Å². The number of benzene rings is 2. The summed E-state index contributed by atoms with van der Waals surface area (Å²) >= 11 is 7.83. The number of methoxy groups -OCH3 is 1. The summed E-state index contributed by atoms with van der Waals surface area (Å²) < 4.78 is 7.49. The van der Waals surface area contributed by atoms with Gasteiger partial charge in [-0.25, -0.2) is 0 Å². The van der Waals surface area contributed by atoms with Crippen molar-refractivity contribution in [1.29, 1.82) is 0 Å². The van der Waals surface area contributed by atoms with Gasteiger partial charge in [-0.2, -0.15) is 0 Å². The van der Waals surface area contributed by atoms with Gasteiger partial charge < -0.3 is 9.30 Å². The lowest BCUT2D eigenvalue weighted by molar-refractivity contribution is 0.200. The summed E-state index contributed by atoms with van der Waals surface area (Å²) in [5.74, 6) is 3.23. The van der Waals surface area contributed by atoms with Crippen molar-refractivity contribution >= 4 is 23.4 Å². The minimum atomic E-state index is 0.426. The van der Waals surface area contributed by atoms with Crippen molar-refractivity contribution in [2.45, 2.75) is 42.8 Å². The van der Waals surface area contributed by atoms with Gasteiger partial charge in [0.05, 0.1) is 7.11 Å². The molecule has 0 radical (unpaired) electrons. The van der Waals surface area contributed by atoms with Gasteiger partial charge in [0.1, 0.15) is 11.6 Å². The van der Waals surface area contributed by atoms with Gasteiger partial charge in [0, 0.05) is 29.8 Å². The molecule has 0 unspecified atom stereocenters. The van der Waals surface area contributed by atoms with Crippen LogP contribution in [0.15, 0.2) is 66.3 Å². The van der Waals surface area contributed by atoms with Gasteiger partial charge in [-0.15, -0.1) is 16.8 Å². The van der Waals surface area contributed by atoms with Gasteiger partial charge in [-0.3, -0.25) is 4.90 Å². The molecule has 2 aromatic carbocycles. The summed E-state index contributed by atoms with van der Waals surface area (Å²) in [6.07, 6.45) is 4.10. The van der Waals surface area contributed by atoms with Crippen LogP contribution < -0.4 is 4.74 Å². The zero-order chi connectivity index (χ0) is 22.3. The molecule has 0 saturated carbocycles. The Hall–Kier alpha value is -2.28. The lowest BCUT2D eigenvalue weighted by Crippen LogP contribution is -2.33. The Bertz CT molecular complexity index is 1030. The first-order valence-corrected chi connectivity index (χ1v) is 12.3. The fourth-order valence-corrected chi connectivity index (χ4v) is 5.23. The summed E-state index contributed by atoms with van der Waals surface area (Å²) in [5.41, 5.74) is 2.50. The van der Waals surface area contributed by atoms with Crippen LogP contribution in [0.1, 0.15) is 35.7 Å². The molecular formula is C25H29ClN4OS. The average molecular weight is 469 g/mol. The minimum absolute atomic E-state index is 0.426. The molecule has 1 fully saturated rings. The molecule has 5 nitrogen and oxygen atoms in total. The molecule has 0 aliphatic carbocycles. The molecular weight excluding hydrogens is 440 g/mol. The quantitative estimate of drug-likeness (QED) is 0.293. The number of rotatable bonds is 9. The molecule has 4 rings (SSSR count). The summed E-state index contributed by atoms with van der Waals surface area (Å²) in [7, 11) is 1.70. The highest BCUT2D eigenvalue weighted by Crippen LogP contribution is 2.31. The molecule has 3 aromatic rings. The molecule has 0 N–H and O–H groups in total. The van der Waals surface area contributed by atoms with Crippen molar-refractivity contribution in [2.75, 3.05) is 20.2 Å². The standard InChI is InChI=1S/C25H29ClN4OS/c1-3-13-30-24(27-28-25(30)32-18-20-5-4-6-22(26)16-20)21-11-14-29(15-12-21)17-19-7-9-23(31-2)10-8-19/h3-10,16,21H,1,11-15,17-18H2,2H3. The highest BCUT2D eigenvalue weighted by molar-refractivity contribution is 7.98. The Morgan fingerprint density at radius 2 is 1.91 bits per heavy atom. The number of thioether (sulfide) groups is 1. The van der Waals surface area contributed by atoms with E-state index in [-0.39, 0.29) is 0 Å². The van der Waals surface area contributed by atoms with Crippen molar-refractivity contribution in [3.8, 4) is 5.75 Å². The fourth-order valence-electron chi connectivity index (χ4n) is 4.12. The zero-order valence-electron chi connectivity index (χ0n) is 18.4. The Morgan fingerprint density at radius 3 is 2.59 bits per heavy atom. The van der Waals surface area contributed by atoms with E-state index < -0.39 is 0 Å². The summed E-state index contributed by atoms with van der Waals surface area (Å²) in [6.45, 7) is 7.76. The van der Waals surface area contributed by atoms with Gasteiger partial charge in [0.25, 0.3) is 0 Å². The molecule has 0 spiro atoms. The predicted octanol–water partition coefficient (Wildman–Crippen LogP) is 5.80. The van der Waals surface area contributed by atoms with E-state index in [0.29, 0.717) is 5.92 Å². The van der Waals surface area contributed by atoms with Crippen LogP contribution in [0.3, 0.4) is 0 Å². The number of nitrogens with zero attached hydrogens (tertiary/aromatic N) is 4. The van der Waals surface area contributed by atoms with E-state index >= 15 is 0 Å². The van der Waals surface area contributed by atoms with E-state index in [1.54, 1.807) is 18.9 Å². The molecule has 1 aliphatic rings. The van der Waals surface area contributed by atoms with Crippen LogP contribution in [-0.4, -0.2) is 39.9 Å². The van der Waals surface area contributed by atoms with Crippen LogP contribution >= 0.6 is 23.4 Å². The third kappa shape index (κ3) is 5.74. The van der Waals surface area contributed by atoms with Crippen LogP contribution in [0.25, 0.3) is 0 Å². The van der Waals surface area contributed by atoms with E-state index in [1.807, 2.05) is 36.4 Å². The summed E-state index contributed by atoms with van der Waals surface area (Å²) in [6, 6.07) is 16.3. The first-order valence-electron chi connectivity index (χ1n) is 10.9. The number of hydrogen-bond donors (Lipinski definition) is 0. The average Bonchev–Trinajstić information content (AvgIpc) is 3.21. The number of hydrogen-bond acceptors (Lipinski definition) is 5. The van der Waals surface area contributed by atoms with Crippen molar-refractivity contribution in [2.24, 2.45) is 0 Å². The maximum atomic E-state index is 6.12. The number of halogens is 1. The van der Waals surface area contributed by atoms with Crippen molar-refractivity contribution in [3.05, 3.63) is 83.2 Å². The summed E-state index contributed by atoms with van der Waals surface area (Å²) in [5, 5.41) is 10.8. The third-order valence-electron chi connectivity index (χ3n) is 5.83. The molecule has 0 bridgehead atoms. The van der Waals surface area contributed by atoms with Gasteiger partial charge in [-0.05, 0) is 61.3 Å². The van der Waals surface area contributed by atoms with E-state index in [1.165, 1.54) is 11.1 Å². The van der Waals surface area contributed by atoms with Gasteiger partial charge in [0.2, 0.25) is 0 Å². The Labute approximate surface area is 199 Å². The lowest BCUT2D eigenvalue weighted by Gasteiger charge is -2.31. The predicted molar refractivity (Wildman–Crippen MR) is 131 cm³/mol. The monoisotopic (exact) mass is 468 g/mol. The second-order valence-corrected chi connectivity index (χ2v) is 9.44. The number of piperidine rings is 1. The van der Waals surface area contributed by atoms with E-state index in [4.69, 9.17) is 16.3 Å². The highest BCUT2D eigenvalue weighted by Gasteiger charge is 2.26. The van der Waals surface area contributed by atoms with Gasteiger partial charge in [0.15, 0.2) is 5.16 Å². The normalized spacial score (nSPS) is 15.1. The second-order valence-electron chi connectivity index (χ2n) is 8.06. The molecule has 1 aromatic heterocycles. The number of aromatic nitrogens is 3. The lowest BCUT2D eigenvalue weighted by atomic mass is 9.95. The molecule has 0 amide bonds. The topological polar surface area (TPSA) is 43.2 Å². The molecule has 1 saturated heterocycles. The maximum Gasteiger partial charge on any atom is 0.191 e.